The number of para-hydroxylation sites is 2. The Balaban J connectivity index is 0.000000147. The number of nitrogens with zero attached hydrogens (tertiary/aromatic N) is 9. The van der Waals surface area contributed by atoms with Crippen LogP contribution in [-0.2, 0) is 17.9 Å². The van der Waals surface area contributed by atoms with Gasteiger partial charge in [-0.2, -0.15) is 25.4 Å². The Bertz CT molecular complexity index is 3140. The molecule has 6 aromatic heterocycles. The predicted molar refractivity (Wildman–Crippen MR) is 241 cm³/mol. The molecule has 0 aliphatic rings. The van der Waals surface area contributed by atoms with E-state index in [2.05, 4.69) is 56.2 Å². The molecule has 0 spiro atoms. The SMILES string of the molecule is NCCn1cc2c(n1)c(N)nc1cc(-c3ccn[nH]3)ccc12.Nc1nc2cc(-c3ccn[nH]3)ccc2c2cn(CCNC(=O)Nc3ccccc3)nc12.O=C=Nc1ccccc1. The molecule has 308 valence electrons. The van der Waals surface area contributed by atoms with Gasteiger partial charge >= 0.3 is 6.03 Å². The first-order valence-electron chi connectivity index (χ1n) is 19.4. The number of carbonyl (C=O) groups is 1. The Labute approximate surface area is 352 Å². The van der Waals surface area contributed by atoms with Crippen molar-refractivity contribution in [3.05, 3.63) is 134 Å². The second-order valence-corrected chi connectivity index (χ2v) is 13.8. The van der Waals surface area contributed by atoms with Crippen molar-refractivity contribution in [2.45, 2.75) is 13.1 Å². The number of pyridine rings is 2. The van der Waals surface area contributed by atoms with Crippen LogP contribution >= 0.6 is 0 Å². The van der Waals surface area contributed by atoms with Crippen LogP contribution in [0.5, 0.6) is 0 Å². The van der Waals surface area contributed by atoms with Gasteiger partial charge in [0.25, 0.3) is 0 Å². The highest BCUT2D eigenvalue weighted by molar-refractivity contribution is 6.09. The van der Waals surface area contributed by atoms with Crippen LogP contribution in [0.3, 0.4) is 0 Å². The number of nitrogens with two attached hydrogens (primary N) is 3. The second kappa shape index (κ2) is 18.5. The highest BCUT2D eigenvalue weighted by Crippen LogP contribution is 2.31. The molecule has 0 fully saturated rings. The minimum absolute atomic E-state index is 0.263. The number of fused-ring (bicyclic) bond motifs is 6. The molecule has 6 heterocycles. The Kier molecular flexibility index (Phi) is 11.9. The number of nitrogens with one attached hydrogen (secondary N) is 4. The molecule has 0 bridgehead atoms. The highest BCUT2D eigenvalue weighted by Gasteiger charge is 2.14. The average Bonchev–Trinajstić information content (AvgIpc) is 4.14. The molecule has 0 saturated carbocycles. The summed E-state index contributed by atoms with van der Waals surface area (Å²) in [7, 11) is 0. The topological polar surface area (TPSA) is 267 Å². The number of hydrogen-bond donors (Lipinski definition) is 7. The van der Waals surface area contributed by atoms with Gasteiger partial charge in [-0.3, -0.25) is 19.6 Å². The molecule has 2 amide bonds. The number of amides is 2. The molecule has 0 atom stereocenters. The zero-order valence-corrected chi connectivity index (χ0v) is 33.1. The molecule has 62 heavy (non-hydrogen) atoms. The van der Waals surface area contributed by atoms with Gasteiger partial charge < -0.3 is 27.8 Å². The summed E-state index contributed by atoms with van der Waals surface area (Å²) in [6.07, 6.45) is 8.80. The van der Waals surface area contributed by atoms with E-state index >= 15 is 0 Å². The highest BCUT2D eigenvalue weighted by atomic mass is 16.2. The van der Waals surface area contributed by atoms with Crippen LogP contribution in [0.25, 0.3) is 66.1 Å². The van der Waals surface area contributed by atoms with E-state index in [0.29, 0.717) is 49.0 Å². The van der Waals surface area contributed by atoms with Crippen LogP contribution in [0.1, 0.15) is 0 Å². The van der Waals surface area contributed by atoms with Gasteiger partial charge in [-0.15, -0.1) is 0 Å². The lowest BCUT2D eigenvalue weighted by Gasteiger charge is -2.07. The molecule has 18 heteroatoms. The number of H-pyrrole nitrogens is 2. The van der Waals surface area contributed by atoms with Crippen molar-refractivity contribution >= 4 is 78.7 Å². The summed E-state index contributed by atoms with van der Waals surface area (Å²) < 4.78 is 3.58. The number of urea groups is 1. The molecule has 10 rings (SSSR count). The number of nitrogen functional groups attached to an aromatic ring is 2. The first-order chi connectivity index (χ1) is 30.4. The molecule has 0 saturated heterocycles. The molecule has 0 aliphatic heterocycles. The lowest BCUT2D eigenvalue weighted by molar-refractivity contribution is 0.251. The third-order valence-corrected chi connectivity index (χ3v) is 9.64. The molecular formula is C44H40N16O2. The van der Waals surface area contributed by atoms with Gasteiger partial charge in [0.1, 0.15) is 11.0 Å². The molecule has 10 N–H and O–H groups in total. The van der Waals surface area contributed by atoms with E-state index in [1.54, 1.807) is 29.2 Å². The maximum absolute atomic E-state index is 12.0. The Morgan fingerprint density at radius 2 is 1.21 bits per heavy atom. The van der Waals surface area contributed by atoms with Crippen molar-refractivity contribution < 1.29 is 9.59 Å². The van der Waals surface area contributed by atoms with Crippen molar-refractivity contribution in [1.29, 1.82) is 0 Å². The smallest absolute Gasteiger partial charge is 0.319 e. The second-order valence-electron chi connectivity index (χ2n) is 13.8. The quantitative estimate of drug-likeness (QED) is 0.0606. The van der Waals surface area contributed by atoms with Gasteiger partial charge in [0.15, 0.2) is 11.6 Å². The van der Waals surface area contributed by atoms with Crippen molar-refractivity contribution in [3.63, 3.8) is 0 Å². The summed E-state index contributed by atoms with van der Waals surface area (Å²) in [5.41, 5.74) is 26.1. The zero-order chi connectivity index (χ0) is 42.8. The zero-order valence-electron chi connectivity index (χ0n) is 33.1. The van der Waals surface area contributed by atoms with Crippen LogP contribution in [-0.4, -0.2) is 75.1 Å². The minimum atomic E-state index is -0.263. The first-order valence-corrected chi connectivity index (χ1v) is 19.4. The summed E-state index contributed by atoms with van der Waals surface area (Å²) in [6, 6.07) is 33.9. The van der Waals surface area contributed by atoms with Gasteiger partial charge in [-0.25, -0.2) is 19.6 Å². The maximum atomic E-state index is 12.0. The van der Waals surface area contributed by atoms with Crippen LogP contribution in [0.4, 0.5) is 27.8 Å². The number of aromatic amines is 2. The molecule has 4 aromatic carbocycles. The van der Waals surface area contributed by atoms with E-state index in [0.717, 1.165) is 66.3 Å². The number of anilines is 3. The lowest BCUT2D eigenvalue weighted by atomic mass is 10.1. The third kappa shape index (κ3) is 9.11. The van der Waals surface area contributed by atoms with E-state index < -0.39 is 0 Å². The monoisotopic (exact) mass is 824 g/mol. The molecule has 0 radical (unpaired) electrons. The molecule has 10 aromatic rings. The van der Waals surface area contributed by atoms with Gasteiger partial charge in [-0.1, -0.05) is 60.7 Å². The number of carbonyl (C=O) groups excluding carboxylic acids is 2. The van der Waals surface area contributed by atoms with E-state index in [9.17, 15) is 9.59 Å². The Hall–Kier alpha value is -8.73. The van der Waals surface area contributed by atoms with Gasteiger partial charge in [0, 0.05) is 76.2 Å². The van der Waals surface area contributed by atoms with Crippen LogP contribution in [0.15, 0.2) is 139 Å². The standard InChI is InChI=1S/C22H20N8O.C15H15N7.C7H5NO/c23-21-20-17(16-7-6-14(12-19(16)27-21)18-8-9-25-28-18)13-30(29-20)11-10-24-22(31)26-15-4-2-1-3-5-15;16-4-6-22-8-11-10-2-1-9(12-3-5-18-20-12)7-13(10)19-15(17)14(11)21-22;9-6-8-7-4-2-1-3-5-7/h1-9,12-13H,10-11H2,(H2,23,27)(H,25,28)(H2,24,26,31);1-3,5,7-8H,4,6,16H2,(H2,17,19)(H,18,20);1-5H. The van der Waals surface area contributed by atoms with E-state index in [1.165, 1.54) is 6.08 Å². The summed E-state index contributed by atoms with van der Waals surface area (Å²) >= 11 is 0. The number of benzene rings is 4. The van der Waals surface area contributed by atoms with Crippen LogP contribution < -0.4 is 27.8 Å². The largest absolute Gasteiger partial charge is 0.382 e. The number of hydrogen-bond acceptors (Lipinski definition) is 12. The molecule has 18 nitrogen and oxygen atoms in total. The van der Waals surface area contributed by atoms with Crippen LogP contribution in [0, 0.1) is 0 Å². The summed E-state index contributed by atoms with van der Waals surface area (Å²) in [6.45, 7) is 2.11. The summed E-state index contributed by atoms with van der Waals surface area (Å²) in [5.74, 6) is 0.804. The van der Waals surface area contributed by atoms with Gasteiger partial charge in [0.05, 0.1) is 41.2 Å². The maximum Gasteiger partial charge on any atom is 0.319 e. The van der Waals surface area contributed by atoms with Crippen molar-refractivity contribution in [2.24, 2.45) is 10.7 Å². The fraction of sp³-hybridized carbons (Fsp3) is 0.0909. The lowest BCUT2D eigenvalue weighted by Crippen LogP contribution is -2.31. The Morgan fingerprint density at radius 3 is 1.71 bits per heavy atom. The average molecular weight is 825 g/mol. The summed E-state index contributed by atoms with van der Waals surface area (Å²) in [5, 5.41) is 32.4. The van der Waals surface area contributed by atoms with Crippen LogP contribution in [0.2, 0.25) is 0 Å². The number of aliphatic imine (C=N–C) groups is 1. The molecule has 0 aliphatic carbocycles. The third-order valence-electron chi connectivity index (χ3n) is 9.64. The van der Waals surface area contributed by atoms with E-state index in [-0.39, 0.29) is 6.03 Å². The predicted octanol–water partition coefficient (Wildman–Crippen LogP) is 6.55. The van der Waals surface area contributed by atoms with Crippen molar-refractivity contribution in [2.75, 3.05) is 29.9 Å². The van der Waals surface area contributed by atoms with Gasteiger partial charge in [0.2, 0.25) is 6.08 Å². The number of aromatic nitrogens is 10. The normalized spacial score (nSPS) is 10.8. The van der Waals surface area contributed by atoms with Gasteiger partial charge in [-0.05, 0) is 48.5 Å². The fourth-order valence-electron chi connectivity index (χ4n) is 6.75. The fourth-order valence-corrected chi connectivity index (χ4v) is 6.75. The molecule has 0 unspecified atom stereocenters. The summed E-state index contributed by atoms with van der Waals surface area (Å²) in [4.78, 5) is 34.1. The van der Waals surface area contributed by atoms with E-state index in [4.69, 9.17) is 17.2 Å². The molecular weight excluding hydrogens is 785 g/mol. The Morgan fingerprint density at radius 1 is 0.677 bits per heavy atom. The number of rotatable bonds is 9. The number of isocyanates is 1. The van der Waals surface area contributed by atoms with E-state index in [1.807, 2.05) is 114 Å². The van der Waals surface area contributed by atoms with Crippen molar-refractivity contribution in [1.82, 2.24) is 55.2 Å². The first kappa shape index (κ1) is 40.1. The van der Waals surface area contributed by atoms with Crippen molar-refractivity contribution in [3.8, 4) is 22.5 Å². The minimum Gasteiger partial charge on any atom is -0.382 e.